The quantitative estimate of drug-likeness (QED) is 0.423. The zero-order chi connectivity index (χ0) is 20.5. The van der Waals surface area contributed by atoms with Gasteiger partial charge in [-0.15, -0.1) is 0 Å². The molecule has 28 heavy (non-hydrogen) atoms. The average molecular weight is 406 g/mol. The van der Waals surface area contributed by atoms with E-state index in [9.17, 15) is 23.3 Å². The standard InChI is InChI=1S/C18H18N2O7S/c1-26-15-5-7-16(8-6-15)28(24,25)19-11-13-9-14(20(22)23)4-3-12(13)10-17(19)18(21)27-2/h3-9,17H,10-11H2,1-2H3/t17-/m1/s1. The summed E-state index contributed by atoms with van der Waals surface area (Å²) in [7, 11) is -1.41. The van der Waals surface area contributed by atoms with E-state index in [1.54, 1.807) is 6.07 Å². The van der Waals surface area contributed by atoms with Crippen molar-refractivity contribution in [2.45, 2.75) is 23.9 Å². The molecule has 0 N–H and O–H groups in total. The van der Waals surface area contributed by atoms with Crippen molar-refractivity contribution in [1.29, 1.82) is 0 Å². The number of nitro benzene ring substituents is 1. The predicted octanol–water partition coefficient (Wildman–Crippen LogP) is 1.89. The number of nitro groups is 1. The van der Waals surface area contributed by atoms with E-state index in [1.807, 2.05) is 0 Å². The first-order valence-electron chi connectivity index (χ1n) is 8.28. The minimum atomic E-state index is -4.06. The van der Waals surface area contributed by atoms with E-state index in [0.717, 1.165) is 4.31 Å². The van der Waals surface area contributed by atoms with Crippen LogP contribution in [0.25, 0.3) is 0 Å². The third-order valence-corrected chi connectivity index (χ3v) is 6.50. The third-order valence-electron chi connectivity index (χ3n) is 4.63. The second kappa shape index (κ2) is 7.56. The van der Waals surface area contributed by atoms with Crippen molar-refractivity contribution in [2.75, 3.05) is 14.2 Å². The number of hydrogen-bond acceptors (Lipinski definition) is 7. The Bertz CT molecular complexity index is 1020. The lowest BCUT2D eigenvalue weighted by molar-refractivity contribution is -0.385. The molecule has 0 spiro atoms. The number of carbonyl (C=O) groups excluding carboxylic acids is 1. The Labute approximate surface area is 161 Å². The molecule has 0 aromatic heterocycles. The largest absolute Gasteiger partial charge is 0.497 e. The molecular weight excluding hydrogens is 388 g/mol. The van der Waals surface area contributed by atoms with Crippen molar-refractivity contribution >= 4 is 21.7 Å². The van der Waals surface area contributed by atoms with Gasteiger partial charge in [0.05, 0.1) is 24.0 Å². The summed E-state index contributed by atoms with van der Waals surface area (Å²) >= 11 is 0. The van der Waals surface area contributed by atoms with Crippen LogP contribution in [0, 0.1) is 10.1 Å². The molecule has 0 radical (unpaired) electrons. The number of methoxy groups -OCH3 is 2. The number of hydrogen-bond donors (Lipinski definition) is 0. The molecule has 148 valence electrons. The molecule has 0 bridgehead atoms. The molecular formula is C18H18N2O7S. The van der Waals surface area contributed by atoms with E-state index < -0.39 is 27.0 Å². The summed E-state index contributed by atoms with van der Waals surface area (Å²) in [5.74, 6) is -0.204. The van der Waals surface area contributed by atoms with Crippen LogP contribution in [0.3, 0.4) is 0 Å². The number of carbonyl (C=O) groups is 1. The van der Waals surface area contributed by atoms with E-state index in [2.05, 4.69) is 0 Å². The van der Waals surface area contributed by atoms with E-state index in [4.69, 9.17) is 9.47 Å². The fourth-order valence-electron chi connectivity index (χ4n) is 3.13. The smallest absolute Gasteiger partial charge is 0.324 e. The Kier molecular flexibility index (Phi) is 5.34. The molecule has 1 heterocycles. The monoisotopic (exact) mass is 406 g/mol. The zero-order valence-electron chi connectivity index (χ0n) is 15.2. The van der Waals surface area contributed by atoms with Gasteiger partial charge in [-0.05, 0) is 35.4 Å². The first-order chi connectivity index (χ1) is 13.3. The molecule has 1 aliphatic rings. The first-order valence-corrected chi connectivity index (χ1v) is 9.72. The van der Waals surface area contributed by atoms with Crippen LogP contribution in [-0.2, 0) is 32.5 Å². The molecule has 1 aliphatic heterocycles. The van der Waals surface area contributed by atoms with Gasteiger partial charge in [0, 0.05) is 25.1 Å². The summed E-state index contributed by atoms with van der Waals surface area (Å²) in [4.78, 5) is 22.8. The van der Waals surface area contributed by atoms with Gasteiger partial charge in [-0.1, -0.05) is 6.07 Å². The summed E-state index contributed by atoms with van der Waals surface area (Å²) in [6, 6.07) is 8.91. The highest BCUT2D eigenvalue weighted by Crippen LogP contribution is 2.32. The molecule has 2 aromatic rings. The van der Waals surface area contributed by atoms with Gasteiger partial charge in [0.15, 0.2) is 0 Å². The number of rotatable bonds is 5. The number of nitrogens with zero attached hydrogens (tertiary/aromatic N) is 2. The van der Waals surface area contributed by atoms with E-state index in [1.165, 1.54) is 50.6 Å². The molecule has 1 atom stereocenters. The number of ether oxygens (including phenoxy) is 2. The Morgan fingerprint density at radius 3 is 2.39 bits per heavy atom. The molecule has 3 rings (SSSR count). The van der Waals surface area contributed by atoms with Gasteiger partial charge >= 0.3 is 5.97 Å². The summed E-state index contributed by atoms with van der Waals surface area (Å²) in [6.45, 7) is -0.175. The van der Waals surface area contributed by atoms with Crippen LogP contribution in [0.4, 0.5) is 5.69 Å². The van der Waals surface area contributed by atoms with Crippen molar-refractivity contribution < 1.29 is 27.6 Å². The molecule has 0 amide bonds. The van der Waals surface area contributed by atoms with Crippen molar-refractivity contribution in [3.8, 4) is 5.75 Å². The summed E-state index contributed by atoms with van der Waals surface area (Å²) in [5.41, 5.74) is 1.01. The van der Waals surface area contributed by atoms with Gasteiger partial charge in [0.25, 0.3) is 5.69 Å². The first kappa shape index (κ1) is 19.8. The third kappa shape index (κ3) is 3.56. The molecule has 0 saturated carbocycles. The second-order valence-corrected chi connectivity index (χ2v) is 8.07. The van der Waals surface area contributed by atoms with Crippen LogP contribution < -0.4 is 4.74 Å². The molecule has 0 unspecified atom stereocenters. The molecule has 10 heteroatoms. The number of non-ortho nitro benzene ring substituents is 1. The minimum Gasteiger partial charge on any atom is -0.497 e. The van der Waals surface area contributed by atoms with Crippen molar-refractivity contribution in [1.82, 2.24) is 4.31 Å². The molecule has 9 nitrogen and oxygen atoms in total. The lowest BCUT2D eigenvalue weighted by Crippen LogP contribution is -2.49. The summed E-state index contributed by atoms with van der Waals surface area (Å²) in [6.07, 6.45) is 0.0649. The van der Waals surface area contributed by atoms with Gasteiger partial charge in [-0.25, -0.2) is 8.42 Å². The maximum absolute atomic E-state index is 13.2. The maximum atomic E-state index is 13.2. The number of esters is 1. The van der Waals surface area contributed by atoms with Gasteiger partial charge in [0.1, 0.15) is 11.8 Å². The van der Waals surface area contributed by atoms with Crippen molar-refractivity contribution in [2.24, 2.45) is 0 Å². The second-order valence-electron chi connectivity index (χ2n) is 6.18. The normalized spacial score (nSPS) is 16.9. The number of benzene rings is 2. The zero-order valence-corrected chi connectivity index (χ0v) is 16.0. The highest BCUT2D eigenvalue weighted by molar-refractivity contribution is 7.89. The van der Waals surface area contributed by atoms with Gasteiger partial charge in [-0.2, -0.15) is 4.31 Å². The Morgan fingerprint density at radius 1 is 1.14 bits per heavy atom. The lowest BCUT2D eigenvalue weighted by atomic mass is 9.95. The number of sulfonamides is 1. The fraction of sp³-hybridized carbons (Fsp3) is 0.278. The minimum absolute atomic E-state index is 0.0175. The van der Waals surface area contributed by atoms with Crippen molar-refractivity contribution in [3.05, 3.63) is 63.7 Å². The van der Waals surface area contributed by atoms with E-state index in [0.29, 0.717) is 16.9 Å². The lowest BCUT2D eigenvalue weighted by Gasteiger charge is -2.34. The predicted molar refractivity (Wildman–Crippen MR) is 98.3 cm³/mol. The van der Waals surface area contributed by atoms with Gasteiger partial charge in [-0.3, -0.25) is 14.9 Å². The topological polar surface area (TPSA) is 116 Å². The Balaban J connectivity index is 2.06. The molecule has 0 saturated heterocycles. The summed E-state index contributed by atoms with van der Waals surface area (Å²) < 4.78 is 37.2. The molecule has 0 aliphatic carbocycles. The van der Waals surface area contributed by atoms with Crippen LogP contribution >= 0.6 is 0 Å². The van der Waals surface area contributed by atoms with Crippen LogP contribution in [0.1, 0.15) is 11.1 Å². The van der Waals surface area contributed by atoms with Crippen LogP contribution in [0.15, 0.2) is 47.4 Å². The van der Waals surface area contributed by atoms with Crippen molar-refractivity contribution in [3.63, 3.8) is 0 Å². The molecule has 0 fully saturated rings. The SMILES string of the molecule is COC(=O)[C@H]1Cc2ccc([N+](=O)[O-])cc2CN1S(=O)(=O)c1ccc(OC)cc1. The van der Waals surface area contributed by atoms with Gasteiger partial charge in [0.2, 0.25) is 10.0 Å². The van der Waals surface area contributed by atoms with Crippen LogP contribution in [0.2, 0.25) is 0 Å². The maximum Gasteiger partial charge on any atom is 0.324 e. The molecule has 2 aromatic carbocycles. The fourth-order valence-corrected chi connectivity index (χ4v) is 4.69. The van der Waals surface area contributed by atoms with E-state index in [-0.39, 0.29) is 23.5 Å². The Morgan fingerprint density at radius 2 is 1.82 bits per heavy atom. The summed E-state index contributed by atoms with van der Waals surface area (Å²) in [5, 5.41) is 11.1. The highest BCUT2D eigenvalue weighted by Gasteiger charge is 2.40. The van der Waals surface area contributed by atoms with Gasteiger partial charge < -0.3 is 9.47 Å². The van der Waals surface area contributed by atoms with E-state index >= 15 is 0 Å². The average Bonchev–Trinajstić information content (AvgIpc) is 2.71. The van der Waals surface area contributed by atoms with Crippen LogP contribution in [0.5, 0.6) is 5.75 Å². The number of fused-ring (bicyclic) bond motifs is 1. The van der Waals surface area contributed by atoms with Crippen LogP contribution in [-0.4, -0.2) is 43.9 Å². The Hall–Kier alpha value is -2.98. The highest BCUT2D eigenvalue weighted by atomic mass is 32.2.